The summed E-state index contributed by atoms with van der Waals surface area (Å²) in [6, 6.07) is 3.76. The Bertz CT molecular complexity index is 654. The van der Waals surface area contributed by atoms with Crippen LogP contribution < -0.4 is 4.74 Å². The summed E-state index contributed by atoms with van der Waals surface area (Å²) in [4.78, 5) is 14.0. The van der Waals surface area contributed by atoms with Gasteiger partial charge in [-0.25, -0.2) is 9.18 Å². The molecule has 1 amide bonds. The molecule has 1 aromatic rings. The number of benzene rings is 1. The van der Waals surface area contributed by atoms with Crippen molar-refractivity contribution in [1.29, 1.82) is 0 Å². The summed E-state index contributed by atoms with van der Waals surface area (Å²) in [5, 5.41) is 10.1. The first-order valence-electron chi connectivity index (χ1n) is 8.94. The van der Waals surface area contributed by atoms with E-state index in [4.69, 9.17) is 14.2 Å². The molecule has 144 valence electrons. The maximum absolute atomic E-state index is 13.9. The number of likely N-dealkylation sites (tertiary alicyclic amines) is 1. The van der Waals surface area contributed by atoms with Crippen LogP contribution in [-0.2, 0) is 9.47 Å². The van der Waals surface area contributed by atoms with Gasteiger partial charge in [0.05, 0.1) is 31.9 Å². The summed E-state index contributed by atoms with van der Waals surface area (Å²) in [7, 11) is 0. The topological polar surface area (TPSA) is 68.2 Å². The highest BCUT2D eigenvalue weighted by atomic mass is 19.1. The fourth-order valence-electron chi connectivity index (χ4n) is 3.30. The SMILES string of the molecule is CC(C)(C)OC(=O)N1CC(O)C[C@@H]1c1cc(F)ccc1OC1CCOC1. The Labute approximate surface area is 152 Å². The quantitative estimate of drug-likeness (QED) is 0.889. The number of amides is 1. The largest absolute Gasteiger partial charge is 0.488 e. The number of rotatable bonds is 3. The van der Waals surface area contributed by atoms with E-state index in [9.17, 15) is 14.3 Å². The van der Waals surface area contributed by atoms with Crippen LogP contribution in [0.5, 0.6) is 5.75 Å². The molecule has 0 saturated carbocycles. The van der Waals surface area contributed by atoms with E-state index in [-0.39, 0.29) is 12.6 Å². The summed E-state index contributed by atoms with van der Waals surface area (Å²) in [5.41, 5.74) is -0.114. The van der Waals surface area contributed by atoms with Crippen molar-refractivity contribution < 1.29 is 28.5 Å². The van der Waals surface area contributed by atoms with Gasteiger partial charge in [-0.2, -0.15) is 0 Å². The molecule has 3 atom stereocenters. The molecule has 0 radical (unpaired) electrons. The predicted molar refractivity (Wildman–Crippen MR) is 92.6 cm³/mol. The monoisotopic (exact) mass is 367 g/mol. The van der Waals surface area contributed by atoms with E-state index in [1.165, 1.54) is 17.0 Å². The van der Waals surface area contributed by atoms with Crippen LogP contribution in [0.25, 0.3) is 0 Å². The summed E-state index contributed by atoms with van der Waals surface area (Å²) in [6.45, 7) is 6.60. The normalized spacial score (nSPS) is 26.2. The number of carbonyl (C=O) groups excluding carboxylic acids is 1. The molecule has 6 nitrogen and oxygen atoms in total. The minimum Gasteiger partial charge on any atom is -0.488 e. The van der Waals surface area contributed by atoms with Crippen molar-refractivity contribution >= 4 is 6.09 Å². The number of aliphatic hydroxyl groups excluding tert-OH is 1. The Hall–Kier alpha value is -1.86. The van der Waals surface area contributed by atoms with Crippen LogP contribution in [0.1, 0.15) is 45.2 Å². The third-order valence-corrected chi connectivity index (χ3v) is 4.42. The van der Waals surface area contributed by atoms with Gasteiger partial charge in [-0.1, -0.05) is 0 Å². The molecule has 2 aliphatic heterocycles. The van der Waals surface area contributed by atoms with Gasteiger partial charge in [-0.3, -0.25) is 4.90 Å². The van der Waals surface area contributed by atoms with Crippen molar-refractivity contribution in [3.63, 3.8) is 0 Å². The second kappa shape index (κ2) is 7.40. The molecular weight excluding hydrogens is 341 g/mol. The van der Waals surface area contributed by atoms with Crippen LogP contribution in [0.2, 0.25) is 0 Å². The van der Waals surface area contributed by atoms with Gasteiger partial charge in [0, 0.05) is 12.0 Å². The number of β-amino-alcohol motifs (C(OH)–C–C–N with tert-alkyl or cyclic N) is 1. The van der Waals surface area contributed by atoms with Crippen molar-refractivity contribution in [1.82, 2.24) is 4.90 Å². The third kappa shape index (κ3) is 4.45. The molecule has 0 bridgehead atoms. The zero-order valence-electron chi connectivity index (χ0n) is 15.4. The highest BCUT2D eigenvalue weighted by Gasteiger charge is 2.39. The van der Waals surface area contributed by atoms with E-state index in [0.29, 0.717) is 30.9 Å². The fourth-order valence-corrected chi connectivity index (χ4v) is 3.30. The maximum Gasteiger partial charge on any atom is 0.410 e. The molecule has 2 heterocycles. The van der Waals surface area contributed by atoms with Gasteiger partial charge in [-0.05, 0) is 45.4 Å². The summed E-state index contributed by atoms with van der Waals surface area (Å²) in [6.07, 6.45) is -0.252. The second-order valence-electron chi connectivity index (χ2n) is 7.82. The standard InChI is InChI=1S/C19H26FNO5/c1-19(2,3)26-18(23)21-10-13(22)9-16(21)15-8-12(20)4-5-17(15)25-14-6-7-24-11-14/h4-5,8,13-14,16,22H,6-7,9-11H2,1-3H3/t13?,14?,16-/m1/s1. The minimum absolute atomic E-state index is 0.0967. The smallest absolute Gasteiger partial charge is 0.410 e. The first-order chi connectivity index (χ1) is 12.2. The fraction of sp³-hybridized carbons (Fsp3) is 0.632. The zero-order valence-corrected chi connectivity index (χ0v) is 15.4. The number of nitrogens with zero attached hydrogens (tertiary/aromatic N) is 1. The van der Waals surface area contributed by atoms with Gasteiger partial charge < -0.3 is 19.3 Å². The molecule has 3 rings (SSSR count). The lowest BCUT2D eigenvalue weighted by molar-refractivity contribution is 0.0204. The van der Waals surface area contributed by atoms with Crippen molar-refractivity contribution in [3.8, 4) is 5.75 Å². The van der Waals surface area contributed by atoms with Gasteiger partial charge >= 0.3 is 6.09 Å². The van der Waals surface area contributed by atoms with Crippen molar-refractivity contribution in [2.45, 2.75) is 57.5 Å². The number of ether oxygens (including phenoxy) is 3. The van der Waals surface area contributed by atoms with Crippen molar-refractivity contribution in [2.24, 2.45) is 0 Å². The zero-order chi connectivity index (χ0) is 18.9. The van der Waals surface area contributed by atoms with Crippen LogP contribution in [0.3, 0.4) is 0 Å². The summed E-state index contributed by atoms with van der Waals surface area (Å²) in [5.74, 6) is 0.0927. The van der Waals surface area contributed by atoms with E-state index in [1.54, 1.807) is 26.8 Å². The number of halogens is 1. The Kier molecular flexibility index (Phi) is 5.39. The maximum atomic E-state index is 13.9. The molecule has 2 saturated heterocycles. The summed E-state index contributed by atoms with van der Waals surface area (Å²) < 4.78 is 30.7. The Balaban J connectivity index is 1.87. The highest BCUT2D eigenvalue weighted by molar-refractivity contribution is 5.69. The minimum atomic E-state index is -0.696. The Morgan fingerprint density at radius 2 is 2.15 bits per heavy atom. The lowest BCUT2D eigenvalue weighted by atomic mass is 10.0. The second-order valence-corrected chi connectivity index (χ2v) is 7.82. The summed E-state index contributed by atoms with van der Waals surface area (Å²) >= 11 is 0. The van der Waals surface area contributed by atoms with Crippen molar-refractivity contribution in [3.05, 3.63) is 29.6 Å². The molecule has 0 spiro atoms. The number of hydrogen-bond acceptors (Lipinski definition) is 5. The van der Waals surface area contributed by atoms with Crippen LogP contribution in [0, 0.1) is 5.82 Å². The molecule has 1 aromatic carbocycles. The Morgan fingerprint density at radius 1 is 1.38 bits per heavy atom. The molecule has 0 aliphatic carbocycles. The molecule has 26 heavy (non-hydrogen) atoms. The highest BCUT2D eigenvalue weighted by Crippen LogP contribution is 2.39. The average molecular weight is 367 g/mol. The number of aliphatic hydroxyl groups is 1. The van der Waals surface area contributed by atoms with E-state index < -0.39 is 29.7 Å². The molecule has 2 aliphatic rings. The van der Waals surface area contributed by atoms with Crippen LogP contribution >= 0.6 is 0 Å². The molecule has 0 aromatic heterocycles. The molecular formula is C19H26FNO5. The van der Waals surface area contributed by atoms with Crippen LogP contribution in [0.4, 0.5) is 9.18 Å². The first-order valence-corrected chi connectivity index (χ1v) is 8.94. The van der Waals surface area contributed by atoms with E-state index in [2.05, 4.69) is 0 Å². The van der Waals surface area contributed by atoms with Gasteiger partial charge in [0.2, 0.25) is 0 Å². The number of carbonyl (C=O) groups is 1. The van der Waals surface area contributed by atoms with Crippen molar-refractivity contribution in [2.75, 3.05) is 19.8 Å². The van der Waals surface area contributed by atoms with E-state index in [0.717, 1.165) is 6.42 Å². The predicted octanol–water partition coefficient (Wildman–Crippen LogP) is 3.04. The third-order valence-electron chi connectivity index (χ3n) is 4.42. The van der Waals surface area contributed by atoms with Crippen LogP contribution in [-0.4, -0.2) is 53.7 Å². The number of hydrogen-bond donors (Lipinski definition) is 1. The van der Waals surface area contributed by atoms with E-state index in [1.807, 2.05) is 0 Å². The Morgan fingerprint density at radius 3 is 2.81 bits per heavy atom. The van der Waals surface area contributed by atoms with E-state index >= 15 is 0 Å². The lowest BCUT2D eigenvalue weighted by Gasteiger charge is -2.29. The van der Waals surface area contributed by atoms with Gasteiger partial charge in [0.15, 0.2) is 0 Å². The lowest BCUT2D eigenvalue weighted by Crippen LogP contribution is -2.37. The molecule has 2 unspecified atom stereocenters. The van der Waals surface area contributed by atoms with Crippen LogP contribution in [0.15, 0.2) is 18.2 Å². The first kappa shape index (κ1) is 18.9. The van der Waals surface area contributed by atoms with Gasteiger partial charge in [-0.15, -0.1) is 0 Å². The molecule has 7 heteroatoms. The molecule has 1 N–H and O–H groups in total. The van der Waals surface area contributed by atoms with Gasteiger partial charge in [0.1, 0.15) is 23.3 Å². The molecule has 2 fully saturated rings. The average Bonchev–Trinajstić information content (AvgIpc) is 3.17. The van der Waals surface area contributed by atoms with Gasteiger partial charge in [0.25, 0.3) is 0 Å².